The second-order valence-corrected chi connectivity index (χ2v) is 5.57. The maximum atomic E-state index is 5.85. The fourth-order valence-corrected chi connectivity index (χ4v) is 1.38. The first-order chi connectivity index (χ1) is 8.88. The van der Waals surface area contributed by atoms with Crippen molar-refractivity contribution in [3.05, 3.63) is 11.9 Å². The Balaban J connectivity index is 2.74. The summed E-state index contributed by atoms with van der Waals surface area (Å²) in [7, 11) is 4.09. The highest BCUT2D eigenvalue weighted by Gasteiger charge is 2.22. The van der Waals surface area contributed by atoms with Crippen LogP contribution in [0.25, 0.3) is 0 Å². The van der Waals surface area contributed by atoms with Crippen molar-refractivity contribution in [3.8, 4) is 5.88 Å². The molecule has 5 nitrogen and oxygen atoms in total. The number of anilines is 1. The van der Waals surface area contributed by atoms with Crippen LogP contribution in [0.4, 0.5) is 5.82 Å². The van der Waals surface area contributed by atoms with Crippen LogP contribution in [0.2, 0.25) is 0 Å². The van der Waals surface area contributed by atoms with Gasteiger partial charge in [0.2, 0.25) is 5.88 Å². The average Bonchev–Trinajstić information content (AvgIpc) is 2.36. The van der Waals surface area contributed by atoms with Crippen LogP contribution in [-0.4, -0.2) is 47.7 Å². The molecule has 0 spiro atoms. The number of likely N-dealkylation sites (N-methyl/N-ethyl adjacent to an activating group) is 1. The van der Waals surface area contributed by atoms with E-state index in [-0.39, 0.29) is 5.54 Å². The predicted octanol–water partition coefficient (Wildman–Crippen LogP) is 2.33. The van der Waals surface area contributed by atoms with Gasteiger partial charge in [0.05, 0.1) is 5.56 Å². The van der Waals surface area contributed by atoms with Gasteiger partial charge < -0.3 is 15.0 Å². The van der Waals surface area contributed by atoms with Gasteiger partial charge in [-0.05, 0) is 41.3 Å². The van der Waals surface area contributed by atoms with E-state index >= 15 is 0 Å². The van der Waals surface area contributed by atoms with Crippen molar-refractivity contribution in [2.75, 3.05) is 32.6 Å². The van der Waals surface area contributed by atoms with Crippen molar-refractivity contribution in [2.45, 2.75) is 39.7 Å². The number of nitrogens with one attached hydrogen (secondary N) is 1. The van der Waals surface area contributed by atoms with E-state index in [9.17, 15) is 0 Å². The quantitative estimate of drug-likeness (QED) is 0.821. The molecule has 0 aliphatic carbocycles. The van der Waals surface area contributed by atoms with E-state index < -0.39 is 0 Å². The Labute approximate surface area is 116 Å². The third-order valence-corrected chi connectivity index (χ3v) is 3.35. The number of ether oxygens (including phenoxy) is 1. The molecule has 108 valence electrons. The van der Waals surface area contributed by atoms with E-state index in [1.807, 2.05) is 21.0 Å². The zero-order valence-corrected chi connectivity index (χ0v) is 12.9. The Bertz CT molecular complexity index is 404. The standard InChI is InChI=1S/C14H26N4O/c1-7-8-15-12-11(2)13(17-10-16-12)19-9-14(3,4)18(5)6/h10H,7-9H2,1-6H3,(H,15,16,17). The van der Waals surface area contributed by atoms with E-state index in [2.05, 4.69) is 41.0 Å². The van der Waals surface area contributed by atoms with E-state index in [0.717, 1.165) is 24.3 Å². The van der Waals surface area contributed by atoms with Gasteiger partial charge in [0, 0.05) is 12.1 Å². The number of hydrogen-bond acceptors (Lipinski definition) is 5. The highest BCUT2D eigenvalue weighted by Crippen LogP contribution is 2.22. The van der Waals surface area contributed by atoms with Crippen molar-refractivity contribution in [1.82, 2.24) is 14.9 Å². The fraction of sp³-hybridized carbons (Fsp3) is 0.714. The normalized spacial score (nSPS) is 11.7. The van der Waals surface area contributed by atoms with Crippen LogP contribution in [-0.2, 0) is 0 Å². The van der Waals surface area contributed by atoms with Crippen molar-refractivity contribution < 1.29 is 4.74 Å². The molecular weight excluding hydrogens is 240 g/mol. The van der Waals surface area contributed by atoms with Crippen LogP contribution in [0.15, 0.2) is 6.33 Å². The number of nitrogens with zero attached hydrogens (tertiary/aromatic N) is 3. The molecule has 0 aliphatic heterocycles. The molecule has 0 aliphatic rings. The summed E-state index contributed by atoms with van der Waals surface area (Å²) in [5.41, 5.74) is 0.930. The minimum Gasteiger partial charge on any atom is -0.475 e. The molecule has 0 saturated carbocycles. The molecule has 0 bridgehead atoms. The van der Waals surface area contributed by atoms with Crippen LogP contribution >= 0.6 is 0 Å². The lowest BCUT2D eigenvalue weighted by atomic mass is 10.1. The molecule has 19 heavy (non-hydrogen) atoms. The van der Waals surface area contributed by atoms with E-state index in [0.29, 0.717) is 12.5 Å². The van der Waals surface area contributed by atoms with Gasteiger partial charge in [-0.3, -0.25) is 0 Å². The molecule has 1 aromatic heterocycles. The molecule has 1 rings (SSSR count). The lowest BCUT2D eigenvalue weighted by Gasteiger charge is -2.32. The molecule has 1 N–H and O–H groups in total. The summed E-state index contributed by atoms with van der Waals surface area (Å²) in [5, 5.41) is 3.28. The molecule has 0 aromatic carbocycles. The predicted molar refractivity (Wildman–Crippen MR) is 78.8 cm³/mol. The Morgan fingerprint density at radius 1 is 1.32 bits per heavy atom. The molecule has 0 unspecified atom stereocenters. The molecule has 1 aromatic rings. The minimum atomic E-state index is -0.0333. The summed E-state index contributed by atoms with van der Waals surface area (Å²) >= 11 is 0. The van der Waals surface area contributed by atoms with Crippen molar-refractivity contribution >= 4 is 5.82 Å². The number of rotatable bonds is 7. The molecule has 0 fully saturated rings. The lowest BCUT2D eigenvalue weighted by molar-refractivity contribution is 0.110. The van der Waals surface area contributed by atoms with Crippen LogP contribution < -0.4 is 10.1 Å². The molecule has 1 heterocycles. The first-order valence-corrected chi connectivity index (χ1v) is 6.74. The van der Waals surface area contributed by atoms with Crippen molar-refractivity contribution in [2.24, 2.45) is 0 Å². The summed E-state index contributed by atoms with van der Waals surface area (Å²) in [5.74, 6) is 1.51. The second kappa shape index (κ2) is 6.70. The first-order valence-electron chi connectivity index (χ1n) is 6.74. The monoisotopic (exact) mass is 266 g/mol. The van der Waals surface area contributed by atoms with Gasteiger partial charge in [0.1, 0.15) is 18.8 Å². The van der Waals surface area contributed by atoms with E-state index in [1.165, 1.54) is 0 Å². The molecule has 0 amide bonds. The number of aromatic nitrogens is 2. The summed E-state index contributed by atoms with van der Waals surface area (Å²) in [6, 6.07) is 0. The van der Waals surface area contributed by atoms with Crippen molar-refractivity contribution in [3.63, 3.8) is 0 Å². The highest BCUT2D eigenvalue weighted by molar-refractivity contribution is 5.47. The van der Waals surface area contributed by atoms with Gasteiger partial charge in [-0.2, -0.15) is 0 Å². The minimum absolute atomic E-state index is 0.0333. The smallest absolute Gasteiger partial charge is 0.221 e. The third kappa shape index (κ3) is 4.35. The summed E-state index contributed by atoms with van der Waals surface area (Å²) < 4.78 is 5.85. The van der Waals surface area contributed by atoms with Gasteiger partial charge in [0.15, 0.2) is 0 Å². The van der Waals surface area contributed by atoms with Gasteiger partial charge in [-0.25, -0.2) is 9.97 Å². The Morgan fingerprint density at radius 3 is 2.58 bits per heavy atom. The molecule has 0 saturated heterocycles. The average molecular weight is 266 g/mol. The van der Waals surface area contributed by atoms with Gasteiger partial charge in [-0.15, -0.1) is 0 Å². The van der Waals surface area contributed by atoms with Crippen LogP contribution in [0, 0.1) is 6.92 Å². The summed E-state index contributed by atoms with van der Waals surface area (Å²) in [6.45, 7) is 9.88. The second-order valence-electron chi connectivity index (χ2n) is 5.57. The zero-order valence-electron chi connectivity index (χ0n) is 12.9. The first kappa shape index (κ1) is 15.7. The third-order valence-electron chi connectivity index (χ3n) is 3.35. The summed E-state index contributed by atoms with van der Waals surface area (Å²) in [6.07, 6.45) is 2.61. The van der Waals surface area contributed by atoms with Gasteiger partial charge in [0.25, 0.3) is 0 Å². The maximum Gasteiger partial charge on any atom is 0.221 e. The highest BCUT2D eigenvalue weighted by atomic mass is 16.5. The van der Waals surface area contributed by atoms with Gasteiger partial charge >= 0.3 is 0 Å². The van der Waals surface area contributed by atoms with Crippen LogP contribution in [0.1, 0.15) is 32.8 Å². The van der Waals surface area contributed by atoms with Crippen LogP contribution in [0.5, 0.6) is 5.88 Å². The Morgan fingerprint density at radius 2 is 2.00 bits per heavy atom. The molecule has 0 atom stereocenters. The zero-order chi connectivity index (χ0) is 14.5. The van der Waals surface area contributed by atoms with E-state index in [1.54, 1.807) is 6.33 Å². The van der Waals surface area contributed by atoms with Crippen LogP contribution in [0.3, 0.4) is 0 Å². The van der Waals surface area contributed by atoms with E-state index in [4.69, 9.17) is 4.74 Å². The lowest BCUT2D eigenvalue weighted by Crippen LogP contribution is -2.43. The molecule has 0 radical (unpaired) electrons. The molecular formula is C14H26N4O. The largest absolute Gasteiger partial charge is 0.475 e. The Kier molecular flexibility index (Phi) is 5.54. The maximum absolute atomic E-state index is 5.85. The topological polar surface area (TPSA) is 50.3 Å². The molecule has 5 heteroatoms. The van der Waals surface area contributed by atoms with Gasteiger partial charge in [-0.1, -0.05) is 6.92 Å². The summed E-state index contributed by atoms with van der Waals surface area (Å²) in [4.78, 5) is 10.6. The Hall–Kier alpha value is -1.36. The SMILES string of the molecule is CCCNc1ncnc(OCC(C)(C)N(C)C)c1C. The fourth-order valence-electron chi connectivity index (χ4n) is 1.38. The number of hydrogen-bond donors (Lipinski definition) is 1. The van der Waals surface area contributed by atoms with Crippen molar-refractivity contribution in [1.29, 1.82) is 0 Å².